The van der Waals surface area contributed by atoms with Crippen molar-refractivity contribution in [1.29, 1.82) is 0 Å². The summed E-state index contributed by atoms with van der Waals surface area (Å²) in [6, 6.07) is 2.04. The monoisotopic (exact) mass is 284 g/mol. The zero-order valence-electron chi connectivity index (χ0n) is 11.1. The number of nitrogen functional groups attached to an aromatic ring is 1. The van der Waals surface area contributed by atoms with Crippen LogP contribution in [-0.2, 0) is 22.1 Å². The summed E-state index contributed by atoms with van der Waals surface area (Å²) in [5.74, 6) is 3.25. The van der Waals surface area contributed by atoms with Gasteiger partial charge in [-0.3, -0.25) is 4.21 Å². The van der Waals surface area contributed by atoms with Gasteiger partial charge in [0.05, 0.1) is 0 Å². The van der Waals surface area contributed by atoms with E-state index in [0.717, 1.165) is 30.2 Å². The van der Waals surface area contributed by atoms with E-state index < -0.39 is 10.8 Å². The van der Waals surface area contributed by atoms with Gasteiger partial charge in [0.15, 0.2) is 5.82 Å². The minimum Gasteiger partial charge on any atom is -0.384 e. The molecule has 0 bridgehead atoms. The molecule has 3 N–H and O–H groups in total. The van der Waals surface area contributed by atoms with E-state index in [2.05, 4.69) is 15.3 Å². The van der Waals surface area contributed by atoms with Crippen molar-refractivity contribution in [3.63, 3.8) is 0 Å². The lowest BCUT2D eigenvalue weighted by molar-refractivity contribution is 0.128. The Morgan fingerprint density at radius 1 is 1.47 bits per heavy atom. The molecule has 19 heavy (non-hydrogen) atoms. The van der Waals surface area contributed by atoms with Gasteiger partial charge in [-0.15, -0.1) is 0 Å². The van der Waals surface area contributed by atoms with Gasteiger partial charge in [-0.1, -0.05) is 0 Å². The molecule has 7 heteroatoms. The van der Waals surface area contributed by atoms with Gasteiger partial charge in [0.25, 0.3) is 0 Å². The Kier molecular flexibility index (Phi) is 5.09. The number of ether oxygens (including phenoxy) is 1. The average Bonchev–Trinajstić information content (AvgIpc) is 2.38. The van der Waals surface area contributed by atoms with E-state index >= 15 is 0 Å². The summed E-state index contributed by atoms with van der Waals surface area (Å²) in [7, 11) is -0.649. The molecule has 0 saturated carbocycles. The zero-order valence-corrected chi connectivity index (χ0v) is 11.9. The first-order valence-corrected chi connectivity index (χ1v) is 7.99. The normalized spacial score (nSPS) is 23.2. The molecule has 0 unspecified atom stereocenters. The third-order valence-electron chi connectivity index (χ3n) is 2.97. The van der Waals surface area contributed by atoms with Gasteiger partial charge < -0.3 is 15.8 Å². The van der Waals surface area contributed by atoms with E-state index in [9.17, 15) is 4.21 Å². The molecule has 1 aromatic heterocycles. The maximum atomic E-state index is 11.3. The zero-order chi connectivity index (χ0) is 13.7. The highest BCUT2D eigenvalue weighted by atomic mass is 32.2. The molecule has 2 rings (SSSR count). The fourth-order valence-corrected chi connectivity index (χ4v) is 3.30. The van der Waals surface area contributed by atoms with Crippen LogP contribution < -0.4 is 11.1 Å². The highest BCUT2D eigenvalue weighted by Gasteiger charge is 2.18. The van der Waals surface area contributed by atoms with Crippen molar-refractivity contribution in [2.24, 2.45) is 0 Å². The number of aromatic nitrogens is 2. The van der Waals surface area contributed by atoms with E-state index in [4.69, 9.17) is 10.5 Å². The first-order chi connectivity index (χ1) is 9.17. The number of hydrogen-bond acceptors (Lipinski definition) is 6. The third-order valence-corrected chi connectivity index (χ3v) is 4.35. The molecular formula is C12H20N4O2S. The van der Waals surface area contributed by atoms with Gasteiger partial charge in [0, 0.05) is 41.0 Å². The summed E-state index contributed by atoms with van der Waals surface area (Å²) >= 11 is 0. The van der Waals surface area contributed by atoms with Crippen LogP contribution in [0.25, 0.3) is 0 Å². The Morgan fingerprint density at radius 2 is 2.21 bits per heavy atom. The molecule has 0 spiro atoms. The van der Waals surface area contributed by atoms with Gasteiger partial charge in [0.2, 0.25) is 0 Å². The van der Waals surface area contributed by atoms with Crippen LogP contribution in [0.2, 0.25) is 0 Å². The first-order valence-electron chi connectivity index (χ1n) is 6.50. The predicted octanol–water partition coefficient (Wildman–Crippen LogP) is 0.918. The second-order valence-electron chi connectivity index (χ2n) is 4.50. The summed E-state index contributed by atoms with van der Waals surface area (Å²) < 4.78 is 16.6. The smallest absolute Gasteiger partial charge is 0.158 e. The molecule has 6 nitrogen and oxygen atoms in total. The topological polar surface area (TPSA) is 90.1 Å². The van der Waals surface area contributed by atoms with Crippen LogP contribution in [0.3, 0.4) is 0 Å². The lowest BCUT2D eigenvalue weighted by atomic mass is 10.1. The molecule has 0 atom stereocenters. The minimum absolute atomic E-state index is 0.312. The van der Waals surface area contributed by atoms with Crippen LogP contribution in [0, 0.1) is 0 Å². The van der Waals surface area contributed by atoms with Crippen LogP contribution in [0.15, 0.2) is 6.07 Å². The van der Waals surface area contributed by atoms with Crippen molar-refractivity contribution >= 4 is 22.4 Å². The van der Waals surface area contributed by atoms with Gasteiger partial charge in [-0.25, -0.2) is 9.97 Å². The molecular weight excluding hydrogens is 264 g/mol. The molecule has 0 aromatic carbocycles. The molecule has 106 valence electrons. The average molecular weight is 284 g/mol. The van der Waals surface area contributed by atoms with Crippen molar-refractivity contribution in [2.45, 2.75) is 32.4 Å². The van der Waals surface area contributed by atoms with Gasteiger partial charge in [0.1, 0.15) is 18.2 Å². The molecule has 0 aliphatic carbocycles. The highest BCUT2D eigenvalue weighted by Crippen LogP contribution is 2.16. The number of hydrogen-bond donors (Lipinski definition) is 2. The highest BCUT2D eigenvalue weighted by molar-refractivity contribution is 7.85. The summed E-state index contributed by atoms with van der Waals surface area (Å²) in [5, 5.41) is 3.34. The fraction of sp³-hybridized carbons (Fsp3) is 0.667. The summed E-state index contributed by atoms with van der Waals surface area (Å²) in [4.78, 5) is 8.51. The predicted molar refractivity (Wildman–Crippen MR) is 76.3 cm³/mol. The third kappa shape index (κ3) is 4.43. The van der Waals surface area contributed by atoms with Crippen LogP contribution >= 0.6 is 0 Å². The Balaban J connectivity index is 1.99. The van der Waals surface area contributed by atoms with E-state index in [1.54, 1.807) is 6.07 Å². The van der Waals surface area contributed by atoms with Crippen LogP contribution in [-0.4, -0.2) is 38.3 Å². The van der Waals surface area contributed by atoms with E-state index in [0.29, 0.717) is 30.9 Å². The fourth-order valence-electron chi connectivity index (χ4n) is 2.00. The summed E-state index contributed by atoms with van der Waals surface area (Å²) in [5.41, 5.74) is 5.76. The van der Waals surface area contributed by atoms with Gasteiger partial charge in [-0.2, -0.15) is 0 Å². The number of rotatable bonds is 5. The molecule has 2 heterocycles. The number of anilines is 2. The molecule has 1 aliphatic rings. The van der Waals surface area contributed by atoms with Crippen molar-refractivity contribution in [2.75, 3.05) is 29.2 Å². The molecule has 1 aromatic rings. The molecule has 1 aliphatic heterocycles. The lowest BCUT2D eigenvalue weighted by Crippen LogP contribution is -2.29. The van der Waals surface area contributed by atoms with Crippen LogP contribution in [0.5, 0.6) is 0 Å². The lowest BCUT2D eigenvalue weighted by Gasteiger charge is -2.23. The van der Waals surface area contributed by atoms with Gasteiger partial charge >= 0.3 is 0 Å². The Labute approximate surface area is 115 Å². The Bertz CT molecular complexity index is 445. The largest absolute Gasteiger partial charge is 0.384 e. The van der Waals surface area contributed by atoms with E-state index in [-0.39, 0.29) is 0 Å². The van der Waals surface area contributed by atoms with Crippen molar-refractivity contribution in [3.05, 3.63) is 11.9 Å². The second kappa shape index (κ2) is 6.81. The second-order valence-corrected chi connectivity index (χ2v) is 6.19. The summed E-state index contributed by atoms with van der Waals surface area (Å²) in [6.45, 7) is 2.91. The molecule has 1 saturated heterocycles. The molecule has 1 fully saturated rings. The quantitative estimate of drug-likeness (QED) is 0.835. The van der Waals surface area contributed by atoms with Crippen molar-refractivity contribution < 1.29 is 8.95 Å². The Hall–Kier alpha value is -1.21. The van der Waals surface area contributed by atoms with Crippen molar-refractivity contribution in [3.8, 4) is 0 Å². The maximum absolute atomic E-state index is 11.3. The standard InChI is InChI=1S/C12H20N4O2S/c1-2-18-8-12-15-10(13)7-11(16-12)14-9-3-5-19(17)6-4-9/h7,9H,2-6,8H2,1H3,(H3,13,14,15,16). The van der Waals surface area contributed by atoms with E-state index in [1.807, 2.05) is 6.92 Å². The Morgan fingerprint density at radius 3 is 2.89 bits per heavy atom. The number of nitrogens with two attached hydrogens (primary N) is 1. The first kappa shape index (κ1) is 14.2. The number of nitrogens with one attached hydrogen (secondary N) is 1. The van der Waals surface area contributed by atoms with Crippen LogP contribution in [0.4, 0.5) is 11.6 Å². The van der Waals surface area contributed by atoms with E-state index in [1.165, 1.54) is 0 Å². The van der Waals surface area contributed by atoms with Gasteiger partial charge in [-0.05, 0) is 19.8 Å². The summed E-state index contributed by atoms with van der Waals surface area (Å²) in [6.07, 6.45) is 1.80. The molecule has 0 radical (unpaired) electrons. The molecule has 0 amide bonds. The number of nitrogens with zero attached hydrogens (tertiary/aromatic N) is 2. The maximum Gasteiger partial charge on any atom is 0.158 e. The SMILES string of the molecule is CCOCc1nc(N)cc(NC2CCS(=O)CC2)n1. The van der Waals surface area contributed by atoms with Crippen LogP contribution in [0.1, 0.15) is 25.6 Å². The minimum atomic E-state index is -0.649. The van der Waals surface area contributed by atoms with Crippen molar-refractivity contribution in [1.82, 2.24) is 9.97 Å².